The molecule has 0 fully saturated rings. The highest BCUT2D eigenvalue weighted by Gasteiger charge is 2.32. The van der Waals surface area contributed by atoms with E-state index in [1.54, 1.807) is 0 Å². The van der Waals surface area contributed by atoms with Gasteiger partial charge in [0.2, 0.25) is 0 Å². The zero-order valence-corrected chi connectivity index (χ0v) is 8.76. The average Bonchev–Trinajstić information content (AvgIpc) is 2.05. The van der Waals surface area contributed by atoms with Gasteiger partial charge in [0, 0.05) is 0 Å². The lowest BCUT2D eigenvalue weighted by Crippen LogP contribution is -2.36. The van der Waals surface area contributed by atoms with Crippen LogP contribution in [0.25, 0.3) is 0 Å². The number of carbonyl (C=O) groups excluding carboxylic acids is 1. The Labute approximate surface area is 84.7 Å². The Morgan fingerprint density at radius 1 is 1.43 bits per heavy atom. The maximum Gasteiger partial charge on any atom is 0.170 e. The molecule has 0 N–H and O–H groups in total. The molecule has 1 aliphatic heterocycles. The number of carbonyl (C=O) groups is 1. The second-order valence-corrected chi connectivity index (χ2v) is 4.46. The summed E-state index contributed by atoms with van der Waals surface area (Å²) in [6.45, 7) is 3.88. The number of ketones is 1. The van der Waals surface area contributed by atoms with Crippen molar-refractivity contribution in [3.63, 3.8) is 0 Å². The van der Waals surface area contributed by atoms with E-state index in [9.17, 15) is 4.79 Å². The number of Topliss-reactive ketones (excluding diaryl/α,β-unsaturated/α-hetero) is 1. The van der Waals surface area contributed by atoms with Gasteiger partial charge in [-0.3, -0.25) is 4.79 Å². The normalized spacial score (nSPS) is 18.6. The summed E-state index contributed by atoms with van der Waals surface area (Å²) < 4.78 is 5.72. The van der Waals surface area contributed by atoms with Crippen molar-refractivity contribution in [2.24, 2.45) is 0 Å². The Bertz CT molecular complexity index is 396. The van der Waals surface area contributed by atoms with Crippen molar-refractivity contribution in [3.05, 3.63) is 23.8 Å². The summed E-state index contributed by atoms with van der Waals surface area (Å²) in [5, 5.41) is 0. The highest BCUT2D eigenvalue weighted by molar-refractivity contribution is 6.32. The molecule has 3 heteroatoms. The highest BCUT2D eigenvalue weighted by atomic mass is 16.5. The van der Waals surface area contributed by atoms with E-state index in [-0.39, 0.29) is 11.4 Å². The molecule has 0 radical (unpaired) electrons. The minimum atomic E-state index is -0.362. The van der Waals surface area contributed by atoms with E-state index < -0.39 is 0 Å². The quantitative estimate of drug-likeness (QED) is 0.560. The molecule has 0 spiro atoms. The first-order chi connectivity index (χ1) is 6.48. The minimum Gasteiger partial charge on any atom is -0.487 e. The molecule has 2 nitrogen and oxygen atoms in total. The fourth-order valence-electron chi connectivity index (χ4n) is 1.77. The van der Waals surface area contributed by atoms with E-state index in [0.29, 0.717) is 6.42 Å². The Morgan fingerprint density at radius 3 is 2.86 bits per heavy atom. The van der Waals surface area contributed by atoms with Crippen molar-refractivity contribution in [3.8, 4) is 5.75 Å². The number of hydrogen-bond donors (Lipinski definition) is 0. The van der Waals surface area contributed by atoms with Crippen LogP contribution in [0.2, 0.25) is 0 Å². The Morgan fingerprint density at radius 2 is 2.14 bits per heavy atom. The van der Waals surface area contributed by atoms with Crippen molar-refractivity contribution >= 4 is 19.1 Å². The zero-order chi connectivity index (χ0) is 10.3. The van der Waals surface area contributed by atoms with Crippen LogP contribution in [-0.2, 0) is 0 Å². The number of rotatable bonds is 0. The standard InChI is InChI=1S/C11H13BO2/c1-11(2)6-9(13)8-5-7(12)3-4-10(8)14-11/h3-5H,6,12H2,1-2H3. The van der Waals surface area contributed by atoms with Gasteiger partial charge in [-0.1, -0.05) is 17.6 Å². The minimum absolute atomic E-state index is 0.181. The van der Waals surface area contributed by atoms with Crippen LogP contribution in [0.5, 0.6) is 5.75 Å². The Balaban J connectivity index is 2.50. The van der Waals surface area contributed by atoms with Gasteiger partial charge in [0.1, 0.15) is 19.2 Å². The van der Waals surface area contributed by atoms with Crippen LogP contribution in [0.1, 0.15) is 30.6 Å². The van der Waals surface area contributed by atoms with Crippen LogP contribution < -0.4 is 10.2 Å². The van der Waals surface area contributed by atoms with Crippen LogP contribution >= 0.6 is 0 Å². The van der Waals surface area contributed by atoms with Crippen molar-refractivity contribution < 1.29 is 9.53 Å². The molecule has 72 valence electrons. The van der Waals surface area contributed by atoms with Gasteiger partial charge in [-0.2, -0.15) is 0 Å². The maximum absolute atomic E-state index is 11.8. The largest absolute Gasteiger partial charge is 0.487 e. The first-order valence-electron chi connectivity index (χ1n) is 4.81. The SMILES string of the molecule is Bc1ccc2c(c1)C(=O)CC(C)(C)O2. The number of ether oxygens (including phenoxy) is 1. The predicted octanol–water partition coefficient (Wildman–Crippen LogP) is 0.689. The van der Waals surface area contributed by atoms with Gasteiger partial charge in [0.15, 0.2) is 5.78 Å². The van der Waals surface area contributed by atoms with Gasteiger partial charge in [0.05, 0.1) is 12.0 Å². The molecule has 0 aliphatic carbocycles. The summed E-state index contributed by atoms with van der Waals surface area (Å²) in [5.74, 6) is 0.900. The van der Waals surface area contributed by atoms with Gasteiger partial charge < -0.3 is 4.74 Å². The zero-order valence-electron chi connectivity index (χ0n) is 8.76. The topological polar surface area (TPSA) is 26.3 Å². The number of hydrogen-bond acceptors (Lipinski definition) is 2. The number of benzene rings is 1. The molecular formula is C11H13BO2. The van der Waals surface area contributed by atoms with E-state index in [0.717, 1.165) is 16.8 Å². The molecule has 0 unspecified atom stereocenters. The molecule has 0 saturated carbocycles. The third kappa shape index (κ3) is 1.54. The molecule has 1 aromatic carbocycles. The van der Waals surface area contributed by atoms with Gasteiger partial charge >= 0.3 is 0 Å². The van der Waals surface area contributed by atoms with Crippen molar-refractivity contribution in [2.75, 3.05) is 0 Å². The second kappa shape index (κ2) is 2.87. The van der Waals surface area contributed by atoms with Crippen molar-refractivity contribution in [1.82, 2.24) is 0 Å². The van der Waals surface area contributed by atoms with E-state index >= 15 is 0 Å². The molecule has 1 heterocycles. The van der Waals surface area contributed by atoms with Gasteiger partial charge in [-0.25, -0.2) is 0 Å². The molecule has 0 amide bonds. The molecule has 0 bridgehead atoms. The monoisotopic (exact) mass is 188 g/mol. The third-order valence-corrected chi connectivity index (χ3v) is 2.41. The molecular weight excluding hydrogens is 175 g/mol. The van der Waals surface area contributed by atoms with E-state index in [2.05, 4.69) is 0 Å². The lowest BCUT2D eigenvalue weighted by atomic mass is 9.88. The number of fused-ring (bicyclic) bond motifs is 1. The molecule has 0 aromatic heterocycles. The molecule has 2 rings (SSSR count). The van der Waals surface area contributed by atoms with E-state index in [1.165, 1.54) is 0 Å². The van der Waals surface area contributed by atoms with Crippen LogP contribution in [0, 0.1) is 0 Å². The van der Waals surface area contributed by atoms with Crippen LogP contribution in [-0.4, -0.2) is 19.2 Å². The Kier molecular flexibility index (Phi) is 1.91. The first kappa shape index (κ1) is 9.32. The summed E-state index contributed by atoms with van der Waals surface area (Å²) >= 11 is 0. The smallest absolute Gasteiger partial charge is 0.170 e. The molecule has 14 heavy (non-hydrogen) atoms. The van der Waals surface area contributed by atoms with Crippen LogP contribution in [0.3, 0.4) is 0 Å². The molecule has 1 aromatic rings. The lowest BCUT2D eigenvalue weighted by molar-refractivity contribution is 0.0620. The molecule has 0 saturated heterocycles. The summed E-state index contributed by atoms with van der Waals surface area (Å²) in [6.07, 6.45) is 0.462. The third-order valence-electron chi connectivity index (χ3n) is 2.41. The summed E-state index contributed by atoms with van der Waals surface area (Å²) in [5.41, 5.74) is 1.46. The second-order valence-electron chi connectivity index (χ2n) is 4.46. The summed E-state index contributed by atoms with van der Waals surface area (Å²) in [6, 6.07) is 5.74. The summed E-state index contributed by atoms with van der Waals surface area (Å²) in [4.78, 5) is 11.8. The average molecular weight is 188 g/mol. The van der Waals surface area contributed by atoms with Crippen molar-refractivity contribution in [1.29, 1.82) is 0 Å². The van der Waals surface area contributed by atoms with Crippen LogP contribution in [0.15, 0.2) is 18.2 Å². The maximum atomic E-state index is 11.8. The Hall–Kier alpha value is -1.25. The fraction of sp³-hybridized carbons (Fsp3) is 0.364. The van der Waals surface area contributed by atoms with Crippen LogP contribution in [0.4, 0.5) is 0 Å². The fourth-order valence-corrected chi connectivity index (χ4v) is 1.77. The molecule has 0 atom stereocenters. The van der Waals surface area contributed by atoms with Gasteiger partial charge in [0.25, 0.3) is 0 Å². The van der Waals surface area contributed by atoms with E-state index in [4.69, 9.17) is 4.74 Å². The lowest BCUT2D eigenvalue weighted by Gasteiger charge is -2.31. The van der Waals surface area contributed by atoms with E-state index in [1.807, 2.05) is 39.9 Å². The van der Waals surface area contributed by atoms with Gasteiger partial charge in [-0.15, -0.1) is 0 Å². The summed E-state index contributed by atoms with van der Waals surface area (Å²) in [7, 11) is 1.98. The predicted molar refractivity (Wildman–Crippen MR) is 58.3 cm³/mol. The van der Waals surface area contributed by atoms with Crippen molar-refractivity contribution in [2.45, 2.75) is 25.9 Å². The molecule has 1 aliphatic rings. The highest BCUT2D eigenvalue weighted by Crippen LogP contribution is 2.31. The first-order valence-corrected chi connectivity index (χ1v) is 4.81. The van der Waals surface area contributed by atoms with Gasteiger partial charge in [-0.05, 0) is 19.9 Å².